The lowest BCUT2D eigenvalue weighted by atomic mass is 10.1. The quantitative estimate of drug-likeness (QED) is 0.543. The first-order valence-corrected chi connectivity index (χ1v) is 3.98. The van der Waals surface area contributed by atoms with Crippen LogP contribution >= 0.6 is 0 Å². The highest BCUT2D eigenvalue weighted by atomic mass is 15.1. The second kappa shape index (κ2) is 4.51. The highest BCUT2D eigenvalue weighted by Crippen LogP contribution is 2.05. The summed E-state index contributed by atoms with van der Waals surface area (Å²) in [5, 5.41) is 0. The summed E-state index contributed by atoms with van der Waals surface area (Å²) < 4.78 is 0. The van der Waals surface area contributed by atoms with Crippen molar-refractivity contribution in [3.63, 3.8) is 0 Å². The Labute approximate surface area is 64.7 Å². The zero-order chi connectivity index (χ0) is 8.15. The molecule has 0 amide bonds. The SMILES string of the molecule is C=CC(CC)N(C)C(C)C. The molecule has 0 aromatic carbocycles. The highest BCUT2D eigenvalue weighted by Gasteiger charge is 2.10. The second-order valence-electron chi connectivity index (χ2n) is 2.97. The summed E-state index contributed by atoms with van der Waals surface area (Å²) in [4.78, 5) is 2.33. The largest absolute Gasteiger partial charge is 0.298 e. The van der Waals surface area contributed by atoms with E-state index in [0.29, 0.717) is 12.1 Å². The Hall–Kier alpha value is -0.300. The maximum atomic E-state index is 3.79. The van der Waals surface area contributed by atoms with Gasteiger partial charge in [0.05, 0.1) is 0 Å². The first-order valence-electron chi connectivity index (χ1n) is 3.98. The van der Waals surface area contributed by atoms with Gasteiger partial charge in [-0.25, -0.2) is 0 Å². The minimum absolute atomic E-state index is 0.542. The van der Waals surface area contributed by atoms with Gasteiger partial charge in [-0.3, -0.25) is 4.90 Å². The summed E-state index contributed by atoms with van der Waals surface area (Å²) in [6.07, 6.45) is 3.16. The molecule has 0 aliphatic rings. The number of nitrogens with zero attached hydrogens (tertiary/aromatic N) is 1. The Morgan fingerprint density at radius 3 is 2.10 bits per heavy atom. The Balaban J connectivity index is 3.87. The van der Waals surface area contributed by atoms with E-state index in [1.165, 1.54) is 0 Å². The van der Waals surface area contributed by atoms with Crippen LogP contribution in [0.3, 0.4) is 0 Å². The molecule has 0 rings (SSSR count). The molecule has 0 aliphatic carbocycles. The third-order valence-electron chi connectivity index (χ3n) is 2.03. The van der Waals surface area contributed by atoms with Crippen LogP contribution < -0.4 is 0 Å². The van der Waals surface area contributed by atoms with Gasteiger partial charge in [0.25, 0.3) is 0 Å². The van der Waals surface area contributed by atoms with Gasteiger partial charge in [0, 0.05) is 12.1 Å². The molecule has 10 heavy (non-hydrogen) atoms. The minimum Gasteiger partial charge on any atom is -0.298 e. The lowest BCUT2D eigenvalue weighted by molar-refractivity contribution is 0.224. The van der Waals surface area contributed by atoms with Crippen molar-refractivity contribution in [2.45, 2.75) is 39.3 Å². The van der Waals surface area contributed by atoms with Crippen molar-refractivity contribution in [3.8, 4) is 0 Å². The van der Waals surface area contributed by atoms with Gasteiger partial charge in [-0.2, -0.15) is 0 Å². The van der Waals surface area contributed by atoms with Gasteiger partial charge in [0.15, 0.2) is 0 Å². The Morgan fingerprint density at radius 1 is 1.50 bits per heavy atom. The van der Waals surface area contributed by atoms with Crippen LogP contribution in [0.15, 0.2) is 12.7 Å². The van der Waals surface area contributed by atoms with Crippen molar-refractivity contribution in [1.82, 2.24) is 4.90 Å². The molecule has 1 nitrogen and oxygen atoms in total. The molecule has 60 valence electrons. The molecule has 1 unspecified atom stereocenters. The standard InChI is InChI=1S/C9H19N/c1-6-9(7-2)10(5)8(3)4/h6,8-9H,1,7H2,2-5H3. The smallest absolute Gasteiger partial charge is 0.0272 e. The van der Waals surface area contributed by atoms with Crippen molar-refractivity contribution in [2.24, 2.45) is 0 Å². The highest BCUT2D eigenvalue weighted by molar-refractivity contribution is 4.86. The Morgan fingerprint density at radius 2 is 2.00 bits per heavy atom. The molecular formula is C9H19N. The average Bonchev–Trinajstić information content (AvgIpc) is 1.90. The van der Waals surface area contributed by atoms with E-state index in [2.05, 4.69) is 39.3 Å². The monoisotopic (exact) mass is 141 g/mol. The molecular weight excluding hydrogens is 122 g/mol. The Bertz CT molecular complexity index is 96.9. The lowest BCUT2D eigenvalue weighted by Gasteiger charge is -2.27. The molecule has 0 spiro atoms. The molecule has 0 heterocycles. The molecule has 0 aromatic rings. The summed E-state index contributed by atoms with van der Waals surface area (Å²) in [5.41, 5.74) is 0. The zero-order valence-electron chi connectivity index (χ0n) is 7.59. The molecule has 0 N–H and O–H groups in total. The molecule has 0 aromatic heterocycles. The van der Waals surface area contributed by atoms with Crippen LogP contribution in [0.5, 0.6) is 0 Å². The van der Waals surface area contributed by atoms with Crippen LogP contribution in [0.4, 0.5) is 0 Å². The fourth-order valence-corrected chi connectivity index (χ4v) is 1.00. The van der Waals surface area contributed by atoms with Gasteiger partial charge in [-0.1, -0.05) is 13.0 Å². The van der Waals surface area contributed by atoms with Crippen LogP contribution in [0, 0.1) is 0 Å². The Kier molecular flexibility index (Phi) is 4.37. The number of likely N-dealkylation sites (N-methyl/N-ethyl adjacent to an activating group) is 1. The van der Waals surface area contributed by atoms with E-state index in [1.54, 1.807) is 0 Å². The topological polar surface area (TPSA) is 3.24 Å². The summed E-state index contributed by atoms with van der Waals surface area (Å²) in [5.74, 6) is 0. The van der Waals surface area contributed by atoms with Crippen molar-refractivity contribution < 1.29 is 0 Å². The van der Waals surface area contributed by atoms with Crippen molar-refractivity contribution in [2.75, 3.05) is 7.05 Å². The van der Waals surface area contributed by atoms with E-state index >= 15 is 0 Å². The van der Waals surface area contributed by atoms with Crippen LogP contribution in [0.2, 0.25) is 0 Å². The summed E-state index contributed by atoms with van der Waals surface area (Å²) in [6, 6.07) is 1.16. The van der Waals surface area contributed by atoms with Gasteiger partial charge in [0.2, 0.25) is 0 Å². The van der Waals surface area contributed by atoms with Crippen molar-refractivity contribution in [1.29, 1.82) is 0 Å². The molecule has 0 fully saturated rings. The number of hydrogen-bond acceptors (Lipinski definition) is 1. The van der Waals surface area contributed by atoms with Crippen LogP contribution in [-0.4, -0.2) is 24.0 Å². The number of hydrogen-bond donors (Lipinski definition) is 0. The first kappa shape index (κ1) is 9.70. The van der Waals surface area contributed by atoms with Gasteiger partial charge in [-0.15, -0.1) is 6.58 Å². The van der Waals surface area contributed by atoms with E-state index in [1.807, 2.05) is 6.08 Å². The summed E-state index contributed by atoms with van der Waals surface area (Å²) in [7, 11) is 2.14. The van der Waals surface area contributed by atoms with Crippen LogP contribution in [0.1, 0.15) is 27.2 Å². The summed E-state index contributed by atoms with van der Waals surface area (Å²) >= 11 is 0. The fourth-order valence-electron chi connectivity index (χ4n) is 1.00. The molecule has 1 heteroatoms. The van der Waals surface area contributed by atoms with Gasteiger partial charge in [-0.05, 0) is 27.3 Å². The minimum atomic E-state index is 0.542. The first-order chi connectivity index (χ1) is 4.63. The van der Waals surface area contributed by atoms with Crippen LogP contribution in [0.25, 0.3) is 0 Å². The maximum absolute atomic E-state index is 3.79. The summed E-state index contributed by atoms with van der Waals surface area (Å²) in [6.45, 7) is 10.4. The molecule has 0 aliphatic heterocycles. The van der Waals surface area contributed by atoms with E-state index in [-0.39, 0.29) is 0 Å². The van der Waals surface area contributed by atoms with Gasteiger partial charge >= 0.3 is 0 Å². The van der Waals surface area contributed by atoms with E-state index in [0.717, 1.165) is 6.42 Å². The average molecular weight is 141 g/mol. The normalized spacial score (nSPS) is 14.2. The maximum Gasteiger partial charge on any atom is 0.0272 e. The van der Waals surface area contributed by atoms with Gasteiger partial charge < -0.3 is 0 Å². The predicted octanol–water partition coefficient (Wildman–Crippen LogP) is 2.29. The van der Waals surface area contributed by atoms with Crippen molar-refractivity contribution >= 4 is 0 Å². The third kappa shape index (κ3) is 2.53. The van der Waals surface area contributed by atoms with E-state index in [9.17, 15) is 0 Å². The molecule has 0 saturated carbocycles. The van der Waals surface area contributed by atoms with Crippen molar-refractivity contribution in [3.05, 3.63) is 12.7 Å². The second-order valence-corrected chi connectivity index (χ2v) is 2.97. The lowest BCUT2D eigenvalue weighted by Crippen LogP contribution is -2.35. The molecule has 1 atom stereocenters. The van der Waals surface area contributed by atoms with Crippen LogP contribution in [-0.2, 0) is 0 Å². The molecule has 0 radical (unpaired) electrons. The van der Waals surface area contributed by atoms with Gasteiger partial charge in [0.1, 0.15) is 0 Å². The predicted molar refractivity (Wildman–Crippen MR) is 47.2 cm³/mol. The third-order valence-corrected chi connectivity index (χ3v) is 2.03. The van der Waals surface area contributed by atoms with E-state index in [4.69, 9.17) is 0 Å². The molecule has 0 saturated heterocycles. The fraction of sp³-hybridized carbons (Fsp3) is 0.778. The van der Waals surface area contributed by atoms with E-state index < -0.39 is 0 Å². The zero-order valence-corrected chi connectivity index (χ0v) is 7.59. The number of rotatable bonds is 4. The molecule has 0 bridgehead atoms.